The lowest BCUT2D eigenvalue weighted by Crippen LogP contribution is -2.33. The zero-order chi connectivity index (χ0) is 12.5. The SMILES string of the molecule is CC(C)(C)C1CCC(c2ccccc2)C(O)C1. The molecule has 1 N–H and O–H groups in total. The van der Waals surface area contributed by atoms with Crippen molar-refractivity contribution in [2.45, 2.75) is 52.1 Å². The maximum Gasteiger partial charge on any atom is 0.0611 e. The van der Waals surface area contributed by atoms with Crippen LogP contribution in [0.1, 0.15) is 51.5 Å². The minimum absolute atomic E-state index is 0.171. The molecular formula is C16H24O. The molecule has 0 aromatic heterocycles. The van der Waals surface area contributed by atoms with Crippen molar-refractivity contribution in [1.82, 2.24) is 0 Å². The van der Waals surface area contributed by atoms with Crippen molar-refractivity contribution >= 4 is 0 Å². The van der Waals surface area contributed by atoms with E-state index in [1.165, 1.54) is 12.0 Å². The average Bonchev–Trinajstić information content (AvgIpc) is 2.29. The lowest BCUT2D eigenvalue weighted by Gasteiger charge is -2.40. The molecule has 17 heavy (non-hydrogen) atoms. The van der Waals surface area contributed by atoms with Gasteiger partial charge in [-0.2, -0.15) is 0 Å². The Morgan fingerprint density at radius 2 is 1.71 bits per heavy atom. The third-order valence-corrected chi connectivity index (χ3v) is 4.27. The van der Waals surface area contributed by atoms with Crippen LogP contribution >= 0.6 is 0 Å². The summed E-state index contributed by atoms with van der Waals surface area (Å²) in [6, 6.07) is 10.5. The van der Waals surface area contributed by atoms with Crippen LogP contribution in [0.3, 0.4) is 0 Å². The van der Waals surface area contributed by atoms with Crippen LogP contribution in [0, 0.1) is 11.3 Å². The van der Waals surface area contributed by atoms with E-state index in [2.05, 4.69) is 45.0 Å². The summed E-state index contributed by atoms with van der Waals surface area (Å²) in [7, 11) is 0. The predicted molar refractivity (Wildman–Crippen MR) is 72.0 cm³/mol. The van der Waals surface area contributed by atoms with E-state index in [-0.39, 0.29) is 6.10 Å². The van der Waals surface area contributed by atoms with E-state index in [1.54, 1.807) is 0 Å². The Morgan fingerprint density at radius 3 is 2.24 bits per heavy atom. The molecule has 1 aliphatic carbocycles. The first kappa shape index (κ1) is 12.6. The van der Waals surface area contributed by atoms with Crippen LogP contribution in [0.2, 0.25) is 0 Å². The van der Waals surface area contributed by atoms with E-state index < -0.39 is 0 Å². The van der Waals surface area contributed by atoms with Gasteiger partial charge in [-0.3, -0.25) is 0 Å². The molecule has 0 saturated heterocycles. The highest BCUT2D eigenvalue weighted by atomic mass is 16.3. The van der Waals surface area contributed by atoms with Crippen molar-refractivity contribution < 1.29 is 5.11 Å². The second-order valence-electron chi connectivity index (χ2n) is 6.46. The maximum absolute atomic E-state index is 10.4. The van der Waals surface area contributed by atoms with E-state index in [1.807, 2.05) is 6.07 Å². The predicted octanol–water partition coefficient (Wildman–Crippen LogP) is 3.98. The molecule has 3 unspecified atom stereocenters. The van der Waals surface area contributed by atoms with Crippen LogP contribution in [0.15, 0.2) is 30.3 Å². The minimum atomic E-state index is -0.171. The molecule has 1 nitrogen and oxygen atoms in total. The quantitative estimate of drug-likeness (QED) is 0.776. The van der Waals surface area contributed by atoms with Crippen molar-refractivity contribution in [1.29, 1.82) is 0 Å². The van der Waals surface area contributed by atoms with Gasteiger partial charge >= 0.3 is 0 Å². The Labute approximate surface area is 105 Å². The van der Waals surface area contributed by atoms with E-state index in [0.717, 1.165) is 12.8 Å². The van der Waals surface area contributed by atoms with Gasteiger partial charge in [0.15, 0.2) is 0 Å². The Kier molecular flexibility index (Phi) is 3.58. The van der Waals surface area contributed by atoms with Gasteiger partial charge in [-0.25, -0.2) is 0 Å². The zero-order valence-corrected chi connectivity index (χ0v) is 11.2. The van der Waals surface area contributed by atoms with Gasteiger partial charge in [0.1, 0.15) is 0 Å². The van der Waals surface area contributed by atoms with Crippen LogP contribution in [0.25, 0.3) is 0 Å². The Hall–Kier alpha value is -0.820. The summed E-state index contributed by atoms with van der Waals surface area (Å²) in [5.41, 5.74) is 1.62. The first-order chi connectivity index (χ1) is 7.98. The first-order valence-electron chi connectivity index (χ1n) is 6.71. The van der Waals surface area contributed by atoms with Crippen LogP contribution < -0.4 is 0 Å². The molecule has 1 aliphatic rings. The smallest absolute Gasteiger partial charge is 0.0611 e. The van der Waals surface area contributed by atoms with Gasteiger partial charge in [0.05, 0.1) is 6.10 Å². The van der Waals surface area contributed by atoms with Gasteiger partial charge in [0, 0.05) is 5.92 Å². The van der Waals surface area contributed by atoms with Gasteiger partial charge < -0.3 is 5.11 Å². The topological polar surface area (TPSA) is 20.2 Å². The second-order valence-corrected chi connectivity index (χ2v) is 6.46. The fourth-order valence-corrected chi connectivity index (χ4v) is 3.02. The maximum atomic E-state index is 10.4. The highest BCUT2D eigenvalue weighted by Crippen LogP contribution is 2.43. The highest BCUT2D eigenvalue weighted by Gasteiger charge is 2.35. The van der Waals surface area contributed by atoms with Crippen molar-refractivity contribution in [3.63, 3.8) is 0 Å². The largest absolute Gasteiger partial charge is 0.392 e. The summed E-state index contributed by atoms with van der Waals surface area (Å²) in [6.45, 7) is 6.85. The summed E-state index contributed by atoms with van der Waals surface area (Å²) in [6.07, 6.45) is 3.13. The molecule has 1 fully saturated rings. The van der Waals surface area contributed by atoms with Crippen LogP contribution in [-0.4, -0.2) is 11.2 Å². The summed E-state index contributed by atoms with van der Waals surface area (Å²) < 4.78 is 0. The number of hydrogen-bond acceptors (Lipinski definition) is 1. The molecule has 1 heteroatoms. The second kappa shape index (κ2) is 4.81. The standard InChI is InChI=1S/C16H24O/c1-16(2,3)13-9-10-14(15(17)11-13)12-7-5-4-6-8-12/h4-8,13-15,17H,9-11H2,1-3H3. The van der Waals surface area contributed by atoms with Crippen molar-refractivity contribution in [3.8, 4) is 0 Å². The molecule has 0 spiro atoms. The molecule has 94 valence electrons. The van der Waals surface area contributed by atoms with Gasteiger partial charge in [-0.1, -0.05) is 51.1 Å². The normalized spacial score (nSPS) is 30.2. The Balaban J connectivity index is 2.07. The van der Waals surface area contributed by atoms with E-state index >= 15 is 0 Å². The van der Waals surface area contributed by atoms with Gasteiger partial charge in [0.25, 0.3) is 0 Å². The van der Waals surface area contributed by atoms with Crippen molar-refractivity contribution in [2.24, 2.45) is 11.3 Å². The fourth-order valence-electron chi connectivity index (χ4n) is 3.02. The number of benzene rings is 1. The molecule has 0 radical (unpaired) electrons. The van der Waals surface area contributed by atoms with Crippen molar-refractivity contribution in [2.75, 3.05) is 0 Å². The molecule has 3 atom stereocenters. The number of rotatable bonds is 1. The van der Waals surface area contributed by atoms with E-state index in [4.69, 9.17) is 0 Å². The molecule has 1 aromatic rings. The number of aliphatic hydroxyl groups is 1. The lowest BCUT2D eigenvalue weighted by atomic mass is 9.67. The Morgan fingerprint density at radius 1 is 1.06 bits per heavy atom. The van der Waals surface area contributed by atoms with Crippen LogP contribution in [0.4, 0.5) is 0 Å². The summed E-state index contributed by atoms with van der Waals surface area (Å²) in [5.74, 6) is 0.993. The first-order valence-corrected chi connectivity index (χ1v) is 6.71. The van der Waals surface area contributed by atoms with Gasteiger partial charge in [0.2, 0.25) is 0 Å². The van der Waals surface area contributed by atoms with Crippen molar-refractivity contribution in [3.05, 3.63) is 35.9 Å². The number of aliphatic hydroxyl groups excluding tert-OH is 1. The lowest BCUT2D eigenvalue weighted by molar-refractivity contribution is 0.0408. The third kappa shape index (κ3) is 2.90. The molecule has 0 aliphatic heterocycles. The highest BCUT2D eigenvalue weighted by molar-refractivity contribution is 5.21. The summed E-state index contributed by atoms with van der Waals surface area (Å²) in [4.78, 5) is 0. The molecule has 0 heterocycles. The zero-order valence-electron chi connectivity index (χ0n) is 11.2. The molecule has 0 amide bonds. The summed E-state index contributed by atoms with van der Waals surface area (Å²) in [5, 5.41) is 10.4. The molecule has 0 bridgehead atoms. The molecular weight excluding hydrogens is 208 g/mol. The number of hydrogen-bond donors (Lipinski definition) is 1. The Bertz CT molecular complexity index is 350. The van der Waals surface area contributed by atoms with Crippen LogP contribution in [-0.2, 0) is 0 Å². The third-order valence-electron chi connectivity index (χ3n) is 4.27. The molecule has 1 saturated carbocycles. The van der Waals surface area contributed by atoms with Gasteiger partial charge in [-0.15, -0.1) is 0 Å². The van der Waals surface area contributed by atoms with E-state index in [0.29, 0.717) is 17.3 Å². The monoisotopic (exact) mass is 232 g/mol. The average molecular weight is 232 g/mol. The molecule has 2 rings (SSSR count). The van der Waals surface area contributed by atoms with Crippen LogP contribution in [0.5, 0.6) is 0 Å². The molecule has 1 aromatic carbocycles. The minimum Gasteiger partial charge on any atom is -0.392 e. The van der Waals surface area contributed by atoms with Gasteiger partial charge in [-0.05, 0) is 36.2 Å². The summed E-state index contributed by atoms with van der Waals surface area (Å²) >= 11 is 0. The van der Waals surface area contributed by atoms with E-state index in [9.17, 15) is 5.11 Å². The fraction of sp³-hybridized carbons (Fsp3) is 0.625.